The molecule has 0 aliphatic heterocycles. The van der Waals surface area contributed by atoms with Gasteiger partial charge in [-0.2, -0.15) is 0 Å². The highest BCUT2D eigenvalue weighted by atomic mass is 32.1. The molecular formula is C17H24N2S. The van der Waals surface area contributed by atoms with Crippen molar-refractivity contribution >= 4 is 11.3 Å². The molecule has 3 heteroatoms. The molecule has 1 atom stereocenters. The summed E-state index contributed by atoms with van der Waals surface area (Å²) in [5.74, 6) is 0. The van der Waals surface area contributed by atoms with Crippen molar-refractivity contribution in [3.05, 3.63) is 51.0 Å². The molecule has 1 unspecified atom stereocenters. The van der Waals surface area contributed by atoms with Gasteiger partial charge in [0.15, 0.2) is 0 Å². The Morgan fingerprint density at radius 2 is 1.90 bits per heavy atom. The van der Waals surface area contributed by atoms with Gasteiger partial charge in [0.05, 0.1) is 5.51 Å². The van der Waals surface area contributed by atoms with Gasteiger partial charge < -0.3 is 5.32 Å². The molecule has 0 fully saturated rings. The van der Waals surface area contributed by atoms with E-state index in [1.165, 1.54) is 27.1 Å². The van der Waals surface area contributed by atoms with Gasteiger partial charge in [-0.15, -0.1) is 11.3 Å². The first-order chi connectivity index (χ1) is 9.61. The van der Waals surface area contributed by atoms with Crippen molar-refractivity contribution in [1.82, 2.24) is 10.3 Å². The highest BCUT2D eigenvalue weighted by Gasteiger charge is 2.15. The maximum absolute atomic E-state index is 4.23. The van der Waals surface area contributed by atoms with Crippen molar-refractivity contribution < 1.29 is 0 Å². The summed E-state index contributed by atoms with van der Waals surface area (Å²) in [6.45, 7) is 9.86. The van der Waals surface area contributed by atoms with E-state index in [-0.39, 0.29) is 0 Å². The highest BCUT2D eigenvalue weighted by Crippen LogP contribution is 2.26. The van der Waals surface area contributed by atoms with Crippen LogP contribution in [0.15, 0.2) is 23.8 Å². The number of aryl methyl sites for hydroxylation is 3. The lowest BCUT2D eigenvalue weighted by atomic mass is 9.94. The van der Waals surface area contributed by atoms with E-state index >= 15 is 0 Å². The molecule has 2 nitrogen and oxygen atoms in total. The molecule has 1 N–H and O–H groups in total. The van der Waals surface area contributed by atoms with Crippen LogP contribution in [0.2, 0.25) is 0 Å². The zero-order valence-corrected chi connectivity index (χ0v) is 13.7. The lowest BCUT2D eigenvalue weighted by Crippen LogP contribution is -2.24. The SMILES string of the molecule is CCCNC(Cc1c(C)cc(C)cc1C)c1cncs1. The minimum absolute atomic E-state index is 0.377. The summed E-state index contributed by atoms with van der Waals surface area (Å²) in [5, 5.41) is 3.66. The third-order valence-electron chi connectivity index (χ3n) is 3.68. The summed E-state index contributed by atoms with van der Waals surface area (Å²) in [4.78, 5) is 5.56. The predicted molar refractivity (Wildman–Crippen MR) is 87.5 cm³/mol. The molecular weight excluding hydrogens is 264 g/mol. The lowest BCUT2D eigenvalue weighted by Gasteiger charge is -2.20. The Morgan fingerprint density at radius 3 is 2.45 bits per heavy atom. The number of hydrogen-bond acceptors (Lipinski definition) is 3. The van der Waals surface area contributed by atoms with E-state index in [1.54, 1.807) is 11.3 Å². The second-order valence-corrected chi connectivity index (χ2v) is 6.41. The first-order valence-corrected chi connectivity index (χ1v) is 8.18. The van der Waals surface area contributed by atoms with Crippen LogP contribution in [0.3, 0.4) is 0 Å². The van der Waals surface area contributed by atoms with Crippen LogP contribution in [0.1, 0.15) is 46.5 Å². The third kappa shape index (κ3) is 3.68. The highest BCUT2D eigenvalue weighted by molar-refractivity contribution is 7.09. The number of aromatic nitrogens is 1. The Morgan fingerprint density at radius 1 is 1.20 bits per heavy atom. The van der Waals surface area contributed by atoms with Gasteiger partial charge in [-0.25, -0.2) is 0 Å². The van der Waals surface area contributed by atoms with Crippen molar-refractivity contribution in [3.8, 4) is 0 Å². The predicted octanol–water partition coefficient (Wildman–Crippen LogP) is 4.35. The molecule has 0 saturated heterocycles. The van der Waals surface area contributed by atoms with Crippen molar-refractivity contribution in [3.63, 3.8) is 0 Å². The molecule has 2 aromatic rings. The Kier molecular flexibility index (Phi) is 5.32. The van der Waals surface area contributed by atoms with Crippen LogP contribution in [0, 0.1) is 20.8 Å². The van der Waals surface area contributed by atoms with E-state index in [2.05, 4.69) is 50.1 Å². The van der Waals surface area contributed by atoms with E-state index < -0.39 is 0 Å². The fourth-order valence-electron chi connectivity index (χ4n) is 2.73. The number of thiazole rings is 1. The third-order valence-corrected chi connectivity index (χ3v) is 4.57. The molecule has 0 amide bonds. The van der Waals surface area contributed by atoms with Crippen molar-refractivity contribution in [2.45, 2.75) is 46.6 Å². The average Bonchev–Trinajstić information content (AvgIpc) is 2.91. The number of benzene rings is 1. The minimum atomic E-state index is 0.377. The van der Waals surface area contributed by atoms with E-state index in [1.807, 2.05) is 11.7 Å². The summed E-state index contributed by atoms with van der Waals surface area (Å²) in [5.41, 5.74) is 7.54. The average molecular weight is 288 g/mol. The van der Waals surface area contributed by atoms with E-state index in [9.17, 15) is 0 Å². The Labute approximate surface area is 126 Å². The Balaban J connectivity index is 2.24. The van der Waals surface area contributed by atoms with Crippen molar-refractivity contribution in [2.75, 3.05) is 6.54 Å². The number of nitrogens with one attached hydrogen (secondary N) is 1. The zero-order chi connectivity index (χ0) is 14.5. The van der Waals surface area contributed by atoms with Gasteiger partial charge >= 0.3 is 0 Å². The van der Waals surface area contributed by atoms with Crippen LogP contribution in [-0.2, 0) is 6.42 Å². The second kappa shape index (κ2) is 7.00. The van der Waals surface area contributed by atoms with E-state index in [0.29, 0.717) is 6.04 Å². The molecule has 0 aliphatic rings. The molecule has 1 aromatic carbocycles. The van der Waals surface area contributed by atoms with Crippen LogP contribution >= 0.6 is 11.3 Å². The first kappa shape index (κ1) is 15.2. The maximum Gasteiger partial charge on any atom is 0.0794 e. The molecule has 20 heavy (non-hydrogen) atoms. The van der Waals surface area contributed by atoms with Crippen molar-refractivity contribution in [1.29, 1.82) is 0 Å². The Bertz CT molecular complexity index is 523. The summed E-state index contributed by atoms with van der Waals surface area (Å²) in [6, 6.07) is 4.94. The topological polar surface area (TPSA) is 24.9 Å². The fraction of sp³-hybridized carbons (Fsp3) is 0.471. The minimum Gasteiger partial charge on any atom is -0.309 e. The van der Waals surface area contributed by atoms with Gasteiger partial charge in [0, 0.05) is 17.1 Å². The largest absolute Gasteiger partial charge is 0.309 e. The molecule has 108 valence electrons. The summed E-state index contributed by atoms with van der Waals surface area (Å²) < 4.78 is 0. The number of rotatable bonds is 6. The van der Waals surface area contributed by atoms with E-state index in [4.69, 9.17) is 0 Å². The standard InChI is InChI=1S/C17H24N2S/c1-5-6-19-16(17-10-18-11-20-17)9-15-13(3)7-12(2)8-14(15)4/h7-8,10-11,16,19H,5-6,9H2,1-4H3. The molecule has 1 heterocycles. The fourth-order valence-corrected chi connectivity index (χ4v) is 3.42. The van der Waals surface area contributed by atoms with E-state index in [0.717, 1.165) is 19.4 Å². The first-order valence-electron chi connectivity index (χ1n) is 7.30. The second-order valence-electron chi connectivity index (χ2n) is 5.49. The molecule has 0 radical (unpaired) electrons. The smallest absolute Gasteiger partial charge is 0.0794 e. The van der Waals surface area contributed by atoms with Gasteiger partial charge in [0.1, 0.15) is 0 Å². The number of nitrogens with zero attached hydrogens (tertiary/aromatic N) is 1. The van der Waals surface area contributed by atoms with Crippen LogP contribution in [0.4, 0.5) is 0 Å². The van der Waals surface area contributed by atoms with Gasteiger partial charge in [0.2, 0.25) is 0 Å². The normalized spacial score (nSPS) is 12.6. The van der Waals surface area contributed by atoms with Crippen LogP contribution in [0.5, 0.6) is 0 Å². The summed E-state index contributed by atoms with van der Waals surface area (Å²) in [6.07, 6.45) is 4.19. The Hall–Kier alpha value is -1.19. The van der Waals surface area contributed by atoms with Gasteiger partial charge in [-0.1, -0.05) is 24.6 Å². The monoisotopic (exact) mass is 288 g/mol. The van der Waals surface area contributed by atoms with Crippen molar-refractivity contribution in [2.24, 2.45) is 0 Å². The molecule has 0 spiro atoms. The van der Waals surface area contributed by atoms with Gasteiger partial charge in [-0.3, -0.25) is 4.98 Å². The van der Waals surface area contributed by atoms with Crippen LogP contribution < -0.4 is 5.32 Å². The molecule has 0 saturated carbocycles. The molecule has 1 aromatic heterocycles. The lowest BCUT2D eigenvalue weighted by molar-refractivity contribution is 0.534. The quantitative estimate of drug-likeness (QED) is 0.854. The molecule has 0 bridgehead atoms. The maximum atomic E-state index is 4.23. The van der Waals surface area contributed by atoms with Crippen LogP contribution in [-0.4, -0.2) is 11.5 Å². The van der Waals surface area contributed by atoms with Gasteiger partial charge in [-0.05, 0) is 56.8 Å². The number of hydrogen-bond donors (Lipinski definition) is 1. The molecule has 0 aliphatic carbocycles. The van der Waals surface area contributed by atoms with Crippen LogP contribution in [0.25, 0.3) is 0 Å². The summed E-state index contributed by atoms with van der Waals surface area (Å²) >= 11 is 1.74. The summed E-state index contributed by atoms with van der Waals surface area (Å²) in [7, 11) is 0. The zero-order valence-electron chi connectivity index (χ0n) is 12.9. The van der Waals surface area contributed by atoms with Gasteiger partial charge in [0.25, 0.3) is 0 Å². The molecule has 2 rings (SSSR count).